The highest BCUT2D eigenvalue weighted by Gasteiger charge is 2.31. The average molecular weight is 471 g/mol. The van der Waals surface area contributed by atoms with Gasteiger partial charge >= 0.3 is 0 Å². The van der Waals surface area contributed by atoms with Gasteiger partial charge in [-0.2, -0.15) is 4.98 Å². The zero-order valence-electron chi connectivity index (χ0n) is 19.1. The van der Waals surface area contributed by atoms with Gasteiger partial charge in [0, 0.05) is 42.5 Å². The maximum Gasteiger partial charge on any atom is 0.256 e. The number of hydrogen-bond acceptors (Lipinski definition) is 7. The molecule has 5 rings (SSSR count). The molecule has 0 radical (unpaired) electrons. The lowest BCUT2D eigenvalue weighted by Crippen LogP contribution is -2.39. The van der Waals surface area contributed by atoms with Crippen LogP contribution in [-0.2, 0) is 0 Å². The monoisotopic (exact) mass is 470 g/mol. The molecule has 1 unspecified atom stereocenters. The van der Waals surface area contributed by atoms with E-state index < -0.39 is 0 Å². The largest absolute Gasteiger partial charge is 0.439 e. The number of rotatable bonds is 5. The van der Waals surface area contributed by atoms with E-state index >= 15 is 0 Å². The summed E-state index contributed by atoms with van der Waals surface area (Å²) in [5.74, 6) is 0.897. The third-order valence-electron chi connectivity index (χ3n) is 5.81. The van der Waals surface area contributed by atoms with Crippen molar-refractivity contribution in [1.82, 2.24) is 29.8 Å². The number of pyridine rings is 1. The van der Waals surface area contributed by atoms with Gasteiger partial charge in [0.2, 0.25) is 5.88 Å². The number of likely N-dealkylation sites (tertiary alicyclic amines) is 1. The Morgan fingerprint density at radius 1 is 1.03 bits per heavy atom. The lowest BCUT2D eigenvalue weighted by Gasteiger charge is -2.35. The van der Waals surface area contributed by atoms with Crippen molar-refractivity contribution < 1.29 is 13.9 Å². The first kappa shape index (κ1) is 22.5. The van der Waals surface area contributed by atoms with E-state index in [2.05, 4.69) is 24.9 Å². The summed E-state index contributed by atoms with van der Waals surface area (Å²) >= 11 is 0. The Bertz CT molecular complexity index is 1320. The molecule has 0 aliphatic carbocycles. The number of halogens is 1. The van der Waals surface area contributed by atoms with Gasteiger partial charge in [-0.15, -0.1) is 0 Å². The third kappa shape index (κ3) is 5.13. The third-order valence-corrected chi connectivity index (χ3v) is 5.81. The van der Waals surface area contributed by atoms with Crippen molar-refractivity contribution >= 4 is 5.91 Å². The van der Waals surface area contributed by atoms with E-state index in [0.717, 1.165) is 30.5 Å². The van der Waals surface area contributed by atoms with Crippen LogP contribution in [0.2, 0.25) is 0 Å². The lowest BCUT2D eigenvalue weighted by molar-refractivity contribution is 0.0598. The van der Waals surface area contributed by atoms with Crippen LogP contribution in [0.5, 0.6) is 11.6 Å². The van der Waals surface area contributed by atoms with Crippen LogP contribution < -0.4 is 4.74 Å². The van der Waals surface area contributed by atoms with Crippen molar-refractivity contribution in [1.29, 1.82) is 0 Å². The fourth-order valence-corrected chi connectivity index (χ4v) is 4.12. The summed E-state index contributed by atoms with van der Waals surface area (Å²) < 4.78 is 19.1. The maximum atomic E-state index is 13.5. The van der Waals surface area contributed by atoms with Crippen LogP contribution in [0.25, 0.3) is 11.3 Å². The van der Waals surface area contributed by atoms with E-state index in [4.69, 9.17) is 4.74 Å². The van der Waals surface area contributed by atoms with Gasteiger partial charge < -0.3 is 9.64 Å². The van der Waals surface area contributed by atoms with E-state index in [1.54, 1.807) is 48.9 Å². The van der Waals surface area contributed by atoms with Gasteiger partial charge in [0.05, 0.1) is 17.3 Å². The number of amides is 1. The predicted octanol–water partition coefficient (Wildman–Crippen LogP) is 4.94. The second-order valence-corrected chi connectivity index (χ2v) is 8.33. The second-order valence-electron chi connectivity index (χ2n) is 8.33. The van der Waals surface area contributed by atoms with Crippen molar-refractivity contribution in [3.05, 3.63) is 90.3 Å². The molecule has 1 fully saturated rings. The quantitative estimate of drug-likeness (QED) is 0.408. The predicted molar refractivity (Wildman–Crippen MR) is 126 cm³/mol. The van der Waals surface area contributed by atoms with Crippen molar-refractivity contribution in [3.63, 3.8) is 0 Å². The summed E-state index contributed by atoms with van der Waals surface area (Å²) in [6, 6.07) is 10.7. The molecule has 3 aromatic heterocycles. The minimum absolute atomic E-state index is 0.121. The van der Waals surface area contributed by atoms with Gasteiger partial charge in [0.25, 0.3) is 5.91 Å². The molecule has 1 aliphatic rings. The Kier molecular flexibility index (Phi) is 6.38. The molecule has 0 bridgehead atoms. The molecule has 9 heteroatoms. The number of piperidine rings is 1. The Morgan fingerprint density at radius 2 is 1.83 bits per heavy atom. The van der Waals surface area contributed by atoms with E-state index in [9.17, 15) is 9.18 Å². The molecule has 1 aliphatic heterocycles. The minimum Gasteiger partial charge on any atom is -0.439 e. The Labute approximate surface area is 201 Å². The number of nitrogens with zero attached hydrogens (tertiary/aromatic N) is 6. The zero-order valence-corrected chi connectivity index (χ0v) is 19.1. The molecule has 8 nitrogen and oxygen atoms in total. The summed E-state index contributed by atoms with van der Waals surface area (Å²) in [5, 5.41) is 0. The van der Waals surface area contributed by atoms with E-state index in [0.29, 0.717) is 35.3 Å². The van der Waals surface area contributed by atoms with E-state index in [1.807, 2.05) is 11.8 Å². The summed E-state index contributed by atoms with van der Waals surface area (Å²) in [6.07, 6.45) is 9.01. The van der Waals surface area contributed by atoms with Gasteiger partial charge in [-0.05, 0) is 62.6 Å². The summed E-state index contributed by atoms with van der Waals surface area (Å²) in [7, 11) is 0. The lowest BCUT2D eigenvalue weighted by atomic mass is 10.00. The highest BCUT2D eigenvalue weighted by molar-refractivity contribution is 5.94. The number of benzene rings is 1. The van der Waals surface area contributed by atoms with Crippen LogP contribution in [0, 0.1) is 12.7 Å². The number of aryl methyl sites for hydroxylation is 1. The fourth-order valence-electron chi connectivity index (χ4n) is 4.12. The summed E-state index contributed by atoms with van der Waals surface area (Å²) in [6.45, 7) is 2.46. The Balaban J connectivity index is 1.39. The number of hydrogen-bond donors (Lipinski definition) is 0. The van der Waals surface area contributed by atoms with Crippen molar-refractivity contribution in [2.45, 2.75) is 32.2 Å². The van der Waals surface area contributed by atoms with Crippen molar-refractivity contribution in [3.8, 4) is 22.9 Å². The number of aromatic nitrogens is 5. The van der Waals surface area contributed by atoms with E-state index in [1.165, 1.54) is 18.5 Å². The van der Waals surface area contributed by atoms with Crippen molar-refractivity contribution in [2.75, 3.05) is 6.54 Å². The van der Waals surface area contributed by atoms with Gasteiger partial charge in [0.1, 0.15) is 17.9 Å². The first-order chi connectivity index (χ1) is 17.1. The minimum atomic E-state index is -0.340. The topological polar surface area (TPSA) is 94.0 Å². The fraction of sp³-hybridized carbons (Fsp3) is 0.231. The van der Waals surface area contributed by atoms with Crippen LogP contribution in [-0.4, -0.2) is 42.3 Å². The number of carbonyl (C=O) groups excluding carboxylic acids is 1. The van der Waals surface area contributed by atoms with Gasteiger partial charge in [0.15, 0.2) is 5.82 Å². The van der Waals surface area contributed by atoms with Crippen LogP contribution in [0.4, 0.5) is 4.39 Å². The highest BCUT2D eigenvalue weighted by atomic mass is 19.1. The smallest absolute Gasteiger partial charge is 0.256 e. The molecule has 35 heavy (non-hydrogen) atoms. The molecule has 1 saturated heterocycles. The van der Waals surface area contributed by atoms with E-state index in [-0.39, 0.29) is 17.8 Å². The van der Waals surface area contributed by atoms with Gasteiger partial charge in [-0.1, -0.05) is 0 Å². The van der Waals surface area contributed by atoms with Crippen LogP contribution in [0.15, 0.2) is 67.4 Å². The number of ether oxygens (including phenoxy) is 1. The van der Waals surface area contributed by atoms with Crippen molar-refractivity contribution in [2.24, 2.45) is 0 Å². The molecular weight excluding hydrogens is 447 g/mol. The standard InChI is InChI=1S/C26H23FN6O2/c1-17-12-24(35-21-8-6-20(27)7-9-21)32-25(31-17)23-4-2-3-11-33(23)26(34)18-5-10-22(30-15-18)19-13-28-16-29-14-19/h5-10,12-16,23H,2-4,11H2,1H3. The molecule has 1 aromatic carbocycles. The van der Waals surface area contributed by atoms with Gasteiger partial charge in [-0.3, -0.25) is 9.78 Å². The SMILES string of the molecule is Cc1cc(Oc2ccc(F)cc2)nc(C2CCCCN2C(=O)c2ccc(-c3cncnc3)nc2)n1. The van der Waals surface area contributed by atoms with Gasteiger partial charge in [-0.25, -0.2) is 19.3 Å². The Hall–Kier alpha value is -4.27. The molecule has 176 valence electrons. The molecule has 4 aromatic rings. The first-order valence-corrected chi connectivity index (χ1v) is 11.4. The van der Waals surface area contributed by atoms with Crippen LogP contribution in [0.3, 0.4) is 0 Å². The highest BCUT2D eigenvalue weighted by Crippen LogP contribution is 2.32. The Morgan fingerprint density at radius 3 is 2.57 bits per heavy atom. The molecule has 0 saturated carbocycles. The molecule has 0 spiro atoms. The maximum absolute atomic E-state index is 13.5. The summed E-state index contributed by atoms with van der Waals surface area (Å²) in [5.41, 5.74) is 2.69. The zero-order chi connectivity index (χ0) is 24.2. The molecule has 4 heterocycles. The molecule has 1 amide bonds. The molecule has 1 atom stereocenters. The normalized spacial score (nSPS) is 15.6. The number of carbonyl (C=O) groups is 1. The molecule has 0 N–H and O–H groups in total. The second kappa shape index (κ2) is 9.92. The average Bonchev–Trinajstić information content (AvgIpc) is 2.90. The van der Waals surface area contributed by atoms with Crippen LogP contribution >= 0.6 is 0 Å². The molecular formula is C26H23FN6O2. The van der Waals surface area contributed by atoms with Crippen LogP contribution in [0.1, 0.15) is 47.2 Å². The summed E-state index contributed by atoms with van der Waals surface area (Å²) in [4.78, 5) is 37.0. The first-order valence-electron chi connectivity index (χ1n) is 11.4.